The molecule has 0 atom stereocenters. The zero-order valence-electron chi connectivity index (χ0n) is 11.5. The highest BCUT2D eigenvalue weighted by Crippen LogP contribution is 2.14. The highest BCUT2D eigenvalue weighted by molar-refractivity contribution is 5.88. The summed E-state index contributed by atoms with van der Waals surface area (Å²) < 4.78 is 6.77. The first-order chi connectivity index (χ1) is 8.99. The van der Waals surface area contributed by atoms with Gasteiger partial charge in [-0.05, 0) is 39.8 Å². The van der Waals surface area contributed by atoms with E-state index >= 15 is 0 Å². The number of carbonyl (C=O) groups is 1. The second kappa shape index (κ2) is 5.22. The maximum atomic E-state index is 11.8. The van der Waals surface area contributed by atoms with Crippen molar-refractivity contribution in [2.45, 2.75) is 33.8 Å². The van der Waals surface area contributed by atoms with E-state index in [0.29, 0.717) is 5.69 Å². The van der Waals surface area contributed by atoms with Gasteiger partial charge in [0.1, 0.15) is 0 Å². The molecule has 0 unspecified atom stereocenters. The van der Waals surface area contributed by atoms with E-state index in [9.17, 15) is 4.79 Å². The van der Waals surface area contributed by atoms with Crippen LogP contribution in [-0.2, 0) is 4.74 Å². The Morgan fingerprint density at radius 1 is 1.21 bits per heavy atom. The average molecular weight is 259 g/mol. The molecule has 2 aromatic rings. The van der Waals surface area contributed by atoms with Gasteiger partial charge in [-0.1, -0.05) is 22.9 Å². The fourth-order valence-corrected chi connectivity index (χ4v) is 1.72. The van der Waals surface area contributed by atoms with Crippen LogP contribution in [0.5, 0.6) is 0 Å². The highest BCUT2D eigenvalue weighted by atomic mass is 16.5. The van der Waals surface area contributed by atoms with E-state index in [0.717, 1.165) is 5.69 Å². The predicted octanol–water partition coefficient (Wildman–Crippen LogP) is 2.45. The molecule has 1 aromatic heterocycles. The Labute approximate surface area is 112 Å². The lowest BCUT2D eigenvalue weighted by Crippen LogP contribution is -2.13. The van der Waals surface area contributed by atoms with Crippen molar-refractivity contribution in [3.63, 3.8) is 0 Å². The topological polar surface area (TPSA) is 57.0 Å². The maximum absolute atomic E-state index is 11.8. The Balaban J connectivity index is 2.32. The van der Waals surface area contributed by atoms with E-state index < -0.39 is 5.97 Å². The third kappa shape index (κ3) is 2.81. The molecule has 1 aromatic carbocycles. The van der Waals surface area contributed by atoms with Crippen LogP contribution in [0.15, 0.2) is 24.3 Å². The molecule has 0 amide bonds. The second-order valence-electron chi connectivity index (χ2n) is 4.72. The molecular formula is C14H17N3O2. The van der Waals surface area contributed by atoms with Gasteiger partial charge in [0.2, 0.25) is 0 Å². The number of rotatable bonds is 3. The Kier molecular flexibility index (Phi) is 3.64. The molecule has 5 heteroatoms. The lowest BCUT2D eigenvalue weighted by atomic mass is 10.2. The van der Waals surface area contributed by atoms with Crippen molar-refractivity contribution < 1.29 is 9.53 Å². The number of carbonyl (C=O) groups excluding carboxylic acids is 1. The quantitative estimate of drug-likeness (QED) is 0.794. The van der Waals surface area contributed by atoms with Crippen LogP contribution >= 0.6 is 0 Å². The number of aromatic nitrogens is 3. The fourth-order valence-electron chi connectivity index (χ4n) is 1.72. The summed E-state index contributed by atoms with van der Waals surface area (Å²) in [5, 5.41) is 7.92. The number of ether oxygens (including phenoxy) is 1. The normalized spacial score (nSPS) is 10.8. The van der Waals surface area contributed by atoms with Crippen molar-refractivity contribution in [3.05, 3.63) is 41.2 Å². The Morgan fingerprint density at radius 2 is 1.84 bits per heavy atom. The zero-order valence-corrected chi connectivity index (χ0v) is 11.5. The standard InChI is InChI=1S/C14H17N3O2/c1-9(2)19-14(18)13-11(4)17(16-15-13)12-7-5-10(3)6-8-12/h5-9H,1-4H3. The summed E-state index contributed by atoms with van der Waals surface area (Å²) in [7, 11) is 0. The molecule has 1 heterocycles. The number of hydrogen-bond acceptors (Lipinski definition) is 4. The van der Waals surface area contributed by atoms with E-state index in [1.165, 1.54) is 5.56 Å². The molecular weight excluding hydrogens is 242 g/mol. The lowest BCUT2D eigenvalue weighted by molar-refractivity contribution is 0.0370. The summed E-state index contributed by atoms with van der Waals surface area (Å²) >= 11 is 0. The highest BCUT2D eigenvalue weighted by Gasteiger charge is 2.19. The van der Waals surface area contributed by atoms with E-state index in [-0.39, 0.29) is 11.8 Å². The monoisotopic (exact) mass is 259 g/mol. The van der Waals surface area contributed by atoms with Gasteiger partial charge >= 0.3 is 5.97 Å². The second-order valence-corrected chi connectivity index (χ2v) is 4.72. The molecule has 0 spiro atoms. The Bertz CT molecular complexity index is 585. The van der Waals surface area contributed by atoms with E-state index in [4.69, 9.17) is 4.74 Å². The largest absolute Gasteiger partial charge is 0.458 e. The van der Waals surface area contributed by atoms with Crippen LogP contribution in [0.2, 0.25) is 0 Å². The summed E-state index contributed by atoms with van der Waals surface area (Å²) in [6, 6.07) is 7.86. The van der Waals surface area contributed by atoms with Gasteiger partial charge in [0.05, 0.1) is 17.5 Å². The van der Waals surface area contributed by atoms with Crippen molar-refractivity contribution in [2.24, 2.45) is 0 Å². The first-order valence-electron chi connectivity index (χ1n) is 6.19. The smallest absolute Gasteiger partial charge is 0.361 e. The summed E-state index contributed by atoms with van der Waals surface area (Å²) in [5.41, 5.74) is 2.98. The minimum atomic E-state index is -0.439. The number of esters is 1. The minimum absolute atomic E-state index is 0.170. The van der Waals surface area contributed by atoms with Crippen molar-refractivity contribution in [1.29, 1.82) is 0 Å². The summed E-state index contributed by atoms with van der Waals surface area (Å²) in [6.07, 6.45) is -0.170. The number of benzene rings is 1. The third-order valence-corrected chi connectivity index (χ3v) is 2.71. The van der Waals surface area contributed by atoms with Gasteiger partial charge in [0.25, 0.3) is 0 Å². The first kappa shape index (κ1) is 13.3. The summed E-state index contributed by atoms with van der Waals surface area (Å²) in [5.74, 6) is -0.439. The molecule has 0 saturated carbocycles. The van der Waals surface area contributed by atoms with Gasteiger partial charge in [0.15, 0.2) is 5.69 Å². The van der Waals surface area contributed by atoms with Gasteiger partial charge in [-0.3, -0.25) is 0 Å². The van der Waals surface area contributed by atoms with Crippen molar-refractivity contribution in [1.82, 2.24) is 15.0 Å². The first-order valence-corrected chi connectivity index (χ1v) is 6.19. The summed E-state index contributed by atoms with van der Waals surface area (Å²) in [4.78, 5) is 11.8. The molecule has 5 nitrogen and oxygen atoms in total. The molecule has 0 saturated heterocycles. The molecule has 0 bridgehead atoms. The van der Waals surface area contributed by atoms with Crippen LogP contribution in [0, 0.1) is 13.8 Å². The molecule has 2 rings (SSSR count). The number of nitrogens with zero attached hydrogens (tertiary/aromatic N) is 3. The van der Waals surface area contributed by atoms with Crippen LogP contribution in [0.1, 0.15) is 35.6 Å². The molecule has 100 valence electrons. The summed E-state index contributed by atoms with van der Waals surface area (Å²) in [6.45, 7) is 7.43. The molecule has 0 radical (unpaired) electrons. The SMILES string of the molecule is Cc1ccc(-n2nnc(C(=O)OC(C)C)c2C)cc1. The predicted molar refractivity (Wildman–Crippen MR) is 71.4 cm³/mol. The van der Waals surface area contributed by atoms with Gasteiger partial charge in [-0.15, -0.1) is 5.10 Å². The maximum Gasteiger partial charge on any atom is 0.361 e. The molecule has 0 fully saturated rings. The van der Waals surface area contributed by atoms with Crippen LogP contribution in [0.3, 0.4) is 0 Å². The lowest BCUT2D eigenvalue weighted by Gasteiger charge is -2.07. The molecule has 0 aliphatic heterocycles. The van der Waals surface area contributed by atoms with Crippen molar-refractivity contribution in [3.8, 4) is 5.69 Å². The zero-order chi connectivity index (χ0) is 14.0. The van der Waals surface area contributed by atoms with Crippen molar-refractivity contribution in [2.75, 3.05) is 0 Å². The minimum Gasteiger partial charge on any atom is -0.458 e. The van der Waals surface area contributed by atoms with E-state index in [1.807, 2.05) is 31.2 Å². The molecule has 0 aliphatic carbocycles. The number of aryl methyl sites for hydroxylation is 1. The molecule has 19 heavy (non-hydrogen) atoms. The molecule has 0 N–H and O–H groups in total. The van der Waals surface area contributed by atoms with Gasteiger partial charge in [-0.25, -0.2) is 9.48 Å². The van der Waals surface area contributed by atoms with Crippen LogP contribution in [-0.4, -0.2) is 27.1 Å². The van der Waals surface area contributed by atoms with Crippen molar-refractivity contribution >= 4 is 5.97 Å². The Morgan fingerprint density at radius 3 is 2.42 bits per heavy atom. The van der Waals surface area contributed by atoms with Gasteiger partial charge in [0, 0.05) is 0 Å². The van der Waals surface area contributed by atoms with Gasteiger partial charge < -0.3 is 4.74 Å². The Hall–Kier alpha value is -2.17. The number of hydrogen-bond donors (Lipinski definition) is 0. The van der Waals surface area contributed by atoms with E-state index in [2.05, 4.69) is 10.3 Å². The van der Waals surface area contributed by atoms with Crippen LogP contribution < -0.4 is 0 Å². The molecule has 0 aliphatic rings. The van der Waals surface area contributed by atoms with Crippen LogP contribution in [0.25, 0.3) is 5.69 Å². The third-order valence-electron chi connectivity index (χ3n) is 2.71. The fraction of sp³-hybridized carbons (Fsp3) is 0.357. The van der Waals surface area contributed by atoms with Crippen LogP contribution in [0.4, 0.5) is 0 Å². The average Bonchev–Trinajstić information content (AvgIpc) is 2.71. The van der Waals surface area contributed by atoms with E-state index in [1.54, 1.807) is 25.5 Å². The van der Waals surface area contributed by atoms with Gasteiger partial charge in [-0.2, -0.15) is 0 Å².